The number of carbonyl (C=O) groups is 2. The molecule has 4 nitrogen and oxygen atoms in total. The molecule has 0 spiro atoms. The molecule has 0 bridgehead atoms. The number of benzene rings is 2. The van der Waals surface area contributed by atoms with Gasteiger partial charge in [-0.1, -0.05) is 49.6 Å². The van der Waals surface area contributed by atoms with E-state index in [0.717, 1.165) is 12.2 Å². The van der Waals surface area contributed by atoms with Gasteiger partial charge in [0.15, 0.2) is 5.75 Å². The van der Waals surface area contributed by atoms with Gasteiger partial charge in [-0.05, 0) is 55.4 Å². The molecule has 2 aromatic rings. The Morgan fingerprint density at radius 3 is 2.32 bits per heavy atom. The van der Waals surface area contributed by atoms with Gasteiger partial charge in [0.05, 0.1) is 11.6 Å². The summed E-state index contributed by atoms with van der Waals surface area (Å²) in [6.45, 7) is 0. The van der Waals surface area contributed by atoms with E-state index in [-0.39, 0.29) is 11.7 Å². The molecule has 1 N–H and O–H groups in total. The van der Waals surface area contributed by atoms with Gasteiger partial charge in [-0.15, -0.1) is 0 Å². The Balaban J connectivity index is 1.55. The third-order valence-electron chi connectivity index (χ3n) is 5.95. The van der Waals surface area contributed by atoms with Crippen LogP contribution in [0.15, 0.2) is 48.5 Å². The molecule has 0 aromatic heterocycles. The summed E-state index contributed by atoms with van der Waals surface area (Å²) < 4.78 is 6.28. The Morgan fingerprint density at radius 2 is 1.57 bits per heavy atom. The van der Waals surface area contributed by atoms with Crippen molar-refractivity contribution in [3.05, 3.63) is 54.1 Å². The zero-order chi connectivity index (χ0) is 19.3. The molecule has 0 saturated heterocycles. The third kappa shape index (κ3) is 4.11. The number of para-hydroxylation sites is 3. The van der Waals surface area contributed by atoms with E-state index in [1.54, 1.807) is 0 Å². The summed E-state index contributed by atoms with van der Waals surface area (Å²) in [6.07, 6.45) is 8.18. The molecule has 146 valence electrons. The van der Waals surface area contributed by atoms with Gasteiger partial charge in [-0.3, -0.25) is 9.59 Å². The number of amides is 1. The van der Waals surface area contributed by atoms with Crippen molar-refractivity contribution in [3.63, 3.8) is 0 Å². The van der Waals surface area contributed by atoms with E-state index >= 15 is 0 Å². The number of ketones is 1. The number of nitrogens with one attached hydrogen (secondary N) is 1. The summed E-state index contributed by atoms with van der Waals surface area (Å²) in [4.78, 5) is 24.5. The predicted molar refractivity (Wildman–Crippen MR) is 110 cm³/mol. The standard InChI is InChI=1S/C24H27NO3/c26-21-14-8-12-19(21)24(27)25-20-13-5-7-16-23(20)28-22-15-6-4-11-18(22)17-9-2-1-3-10-17/h4-7,11,13,15-17,19H,1-3,8-10,12,14H2,(H,25,27). The Kier molecular flexibility index (Phi) is 5.75. The number of ether oxygens (including phenoxy) is 1. The lowest BCUT2D eigenvalue weighted by molar-refractivity contribution is -0.129. The van der Waals surface area contributed by atoms with Crippen LogP contribution in [0.5, 0.6) is 11.5 Å². The zero-order valence-corrected chi connectivity index (χ0v) is 16.2. The fourth-order valence-electron chi connectivity index (χ4n) is 4.41. The van der Waals surface area contributed by atoms with E-state index < -0.39 is 5.92 Å². The van der Waals surface area contributed by atoms with Gasteiger partial charge >= 0.3 is 0 Å². The van der Waals surface area contributed by atoms with Crippen LogP contribution in [-0.4, -0.2) is 11.7 Å². The lowest BCUT2D eigenvalue weighted by Gasteiger charge is -2.24. The van der Waals surface area contributed by atoms with Crippen LogP contribution in [0, 0.1) is 5.92 Å². The molecule has 1 amide bonds. The molecule has 1 atom stereocenters. The van der Waals surface area contributed by atoms with Crippen LogP contribution < -0.4 is 10.1 Å². The van der Waals surface area contributed by atoms with Crippen LogP contribution in [0.1, 0.15) is 62.8 Å². The van der Waals surface area contributed by atoms with E-state index in [2.05, 4.69) is 17.4 Å². The largest absolute Gasteiger partial charge is 0.455 e. The normalized spacial score (nSPS) is 20.1. The molecular weight excluding hydrogens is 350 g/mol. The molecule has 2 aliphatic rings. The molecular formula is C24H27NO3. The highest BCUT2D eigenvalue weighted by Crippen LogP contribution is 2.40. The van der Waals surface area contributed by atoms with Gasteiger partial charge in [0, 0.05) is 6.42 Å². The lowest BCUT2D eigenvalue weighted by Crippen LogP contribution is -2.25. The van der Waals surface area contributed by atoms with Crippen molar-refractivity contribution in [3.8, 4) is 11.5 Å². The van der Waals surface area contributed by atoms with Crippen LogP contribution in [0.2, 0.25) is 0 Å². The maximum Gasteiger partial charge on any atom is 0.235 e. The van der Waals surface area contributed by atoms with Crippen molar-refractivity contribution in [2.45, 2.75) is 57.3 Å². The van der Waals surface area contributed by atoms with Gasteiger partial charge in [-0.2, -0.15) is 0 Å². The van der Waals surface area contributed by atoms with E-state index in [9.17, 15) is 9.59 Å². The minimum Gasteiger partial charge on any atom is -0.455 e. The maximum atomic E-state index is 12.6. The Bertz CT molecular complexity index is 854. The molecule has 2 aliphatic carbocycles. The highest BCUT2D eigenvalue weighted by molar-refractivity contribution is 6.08. The van der Waals surface area contributed by atoms with E-state index in [0.29, 0.717) is 30.2 Å². The summed E-state index contributed by atoms with van der Waals surface area (Å²) >= 11 is 0. The van der Waals surface area contributed by atoms with Gasteiger partial charge < -0.3 is 10.1 Å². The smallest absolute Gasteiger partial charge is 0.235 e. The van der Waals surface area contributed by atoms with Gasteiger partial charge in [0.2, 0.25) is 5.91 Å². The second kappa shape index (κ2) is 8.59. The number of rotatable bonds is 5. The molecule has 2 fully saturated rings. The molecule has 4 rings (SSSR count). The van der Waals surface area contributed by atoms with E-state index in [4.69, 9.17) is 4.74 Å². The van der Waals surface area contributed by atoms with Gasteiger partial charge in [0.25, 0.3) is 0 Å². The topological polar surface area (TPSA) is 55.4 Å². The van der Waals surface area contributed by atoms with Crippen molar-refractivity contribution in [2.75, 3.05) is 5.32 Å². The highest BCUT2D eigenvalue weighted by atomic mass is 16.5. The fraction of sp³-hybridized carbons (Fsp3) is 0.417. The number of hydrogen-bond donors (Lipinski definition) is 1. The molecule has 2 saturated carbocycles. The first kappa shape index (κ1) is 18.7. The Labute approximate surface area is 166 Å². The molecule has 2 aromatic carbocycles. The lowest BCUT2D eigenvalue weighted by atomic mass is 9.84. The van der Waals surface area contributed by atoms with E-state index in [1.165, 1.54) is 37.7 Å². The molecule has 0 radical (unpaired) electrons. The van der Waals surface area contributed by atoms with Gasteiger partial charge in [0.1, 0.15) is 11.5 Å². The van der Waals surface area contributed by atoms with Gasteiger partial charge in [-0.25, -0.2) is 0 Å². The molecule has 1 unspecified atom stereocenters. The molecule has 0 aliphatic heterocycles. The average molecular weight is 377 g/mol. The second-order valence-electron chi connectivity index (χ2n) is 7.87. The third-order valence-corrected chi connectivity index (χ3v) is 5.95. The number of hydrogen-bond acceptors (Lipinski definition) is 3. The first-order valence-corrected chi connectivity index (χ1v) is 10.4. The van der Waals surface area contributed by atoms with Crippen LogP contribution in [0.4, 0.5) is 5.69 Å². The monoisotopic (exact) mass is 377 g/mol. The molecule has 0 heterocycles. The summed E-state index contributed by atoms with van der Waals surface area (Å²) in [5.41, 5.74) is 1.86. The summed E-state index contributed by atoms with van der Waals surface area (Å²) in [5.74, 6) is 1.29. The predicted octanol–water partition coefficient (Wildman–Crippen LogP) is 5.83. The second-order valence-corrected chi connectivity index (χ2v) is 7.87. The van der Waals surface area contributed by atoms with Crippen molar-refractivity contribution in [2.24, 2.45) is 5.92 Å². The minimum atomic E-state index is -0.525. The SMILES string of the molecule is O=C1CCCC1C(=O)Nc1ccccc1Oc1ccccc1C1CCCCC1. The summed E-state index contributed by atoms with van der Waals surface area (Å²) in [6, 6.07) is 15.7. The van der Waals surface area contributed by atoms with Crippen molar-refractivity contribution in [1.29, 1.82) is 0 Å². The summed E-state index contributed by atoms with van der Waals surface area (Å²) in [5, 5.41) is 2.92. The molecule has 28 heavy (non-hydrogen) atoms. The molecule has 4 heteroatoms. The Hall–Kier alpha value is -2.62. The van der Waals surface area contributed by atoms with Crippen molar-refractivity contribution in [1.82, 2.24) is 0 Å². The average Bonchev–Trinajstić information content (AvgIpc) is 3.16. The minimum absolute atomic E-state index is 0.0403. The quantitative estimate of drug-likeness (QED) is 0.667. The van der Waals surface area contributed by atoms with Crippen LogP contribution in [0.25, 0.3) is 0 Å². The zero-order valence-electron chi connectivity index (χ0n) is 16.2. The first-order valence-electron chi connectivity index (χ1n) is 10.4. The first-order chi connectivity index (χ1) is 13.7. The maximum absolute atomic E-state index is 12.6. The number of Topliss-reactive ketones (excluding diaryl/α,β-unsaturated/α-hetero) is 1. The fourth-order valence-corrected chi connectivity index (χ4v) is 4.41. The van der Waals surface area contributed by atoms with Crippen molar-refractivity contribution < 1.29 is 14.3 Å². The van der Waals surface area contributed by atoms with Crippen LogP contribution >= 0.6 is 0 Å². The summed E-state index contributed by atoms with van der Waals surface area (Å²) in [7, 11) is 0. The number of anilines is 1. The number of carbonyl (C=O) groups excluding carboxylic acids is 2. The van der Waals surface area contributed by atoms with Crippen LogP contribution in [0.3, 0.4) is 0 Å². The highest BCUT2D eigenvalue weighted by Gasteiger charge is 2.31. The Morgan fingerprint density at radius 1 is 0.857 bits per heavy atom. The van der Waals surface area contributed by atoms with E-state index in [1.807, 2.05) is 36.4 Å². The van der Waals surface area contributed by atoms with Crippen LogP contribution in [-0.2, 0) is 9.59 Å². The van der Waals surface area contributed by atoms with Crippen molar-refractivity contribution >= 4 is 17.4 Å².